The van der Waals surface area contributed by atoms with E-state index in [4.69, 9.17) is 0 Å². The topological polar surface area (TPSA) is 37.3 Å². The van der Waals surface area contributed by atoms with Gasteiger partial charge in [-0.25, -0.2) is 0 Å². The summed E-state index contributed by atoms with van der Waals surface area (Å²) in [6.07, 6.45) is 2.58. The van der Waals surface area contributed by atoms with Crippen LogP contribution in [0.2, 0.25) is 0 Å². The molecule has 0 saturated heterocycles. The molecule has 0 amide bonds. The van der Waals surface area contributed by atoms with E-state index in [1.54, 1.807) is 0 Å². The molecule has 1 aromatic carbocycles. The predicted octanol–water partition coefficient (Wildman–Crippen LogP) is 4.13. The maximum Gasteiger partial charge on any atom is 0.307 e. The number of hydrogen-bond donors (Lipinski definition) is 1. The highest BCUT2D eigenvalue weighted by molar-refractivity contribution is 9.10. The van der Waals surface area contributed by atoms with Crippen LogP contribution in [-0.2, 0) is 11.2 Å². The molecule has 2 unspecified atom stereocenters. The van der Waals surface area contributed by atoms with E-state index < -0.39 is 5.97 Å². The average molecular weight is 299 g/mol. The van der Waals surface area contributed by atoms with E-state index >= 15 is 0 Å². The Morgan fingerprint density at radius 1 is 1.41 bits per heavy atom. The zero-order chi connectivity index (χ0) is 12.8. The van der Waals surface area contributed by atoms with Crippen LogP contribution in [0.15, 0.2) is 28.7 Å². The largest absolute Gasteiger partial charge is 0.481 e. The highest BCUT2D eigenvalue weighted by Crippen LogP contribution is 2.25. The normalized spacial score (nSPS) is 14.3. The van der Waals surface area contributed by atoms with Gasteiger partial charge in [-0.15, -0.1) is 0 Å². The first-order chi connectivity index (χ1) is 8.06. The van der Waals surface area contributed by atoms with Crippen molar-refractivity contribution in [1.29, 1.82) is 0 Å². The summed E-state index contributed by atoms with van der Waals surface area (Å²) in [5, 5.41) is 9.31. The third kappa shape index (κ3) is 4.15. The lowest BCUT2D eigenvalue weighted by Crippen LogP contribution is -2.24. The van der Waals surface area contributed by atoms with Crippen molar-refractivity contribution in [3.8, 4) is 0 Å². The molecule has 2 atom stereocenters. The quantitative estimate of drug-likeness (QED) is 0.857. The second-order valence-corrected chi connectivity index (χ2v) is 5.36. The Morgan fingerprint density at radius 2 is 2.06 bits per heavy atom. The molecule has 2 nitrogen and oxygen atoms in total. The fraction of sp³-hybridized carbons (Fsp3) is 0.500. The van der Waals surface area contributed by atoms with Gasteiger partial charge in [-0.05, 0) is 24.0 Å². The van der Waals surface area contributed by atoms with Gasteiger partial charge in [0.1, 0.15) is 0 Å². The van der Waals surface area contributed by atoms with Gasteiger partial charge in [0.25, 0.3) is 0 Å². The highest BCUT2D eigenvalue weighted by atomic mass is 79.9. The molecule has 0 spiro atoms. The van der Waals surface area contributed by atoms with Crippen molar-refractivity contribution in [2.75, 3.05) is 0 Å². The summed E-state index contributed by atoms with van der Waals surface area (Å²) in [5.74, 6) is -0.778. The summed E-state index contributed by atoms with van der Waals surface area (Å²) in [6, 6.07) is 7.83. The van der Waals surface area contributed by atoms with Gasteiger partial charge in [0.2, 0.25) is 0 Å². The van der Waals surface area contributed by atoms with E-state index in [1.165, 1.54) is 0 Å². The molecule has 1 N–H and O–H groups in total. The third-order valence-corrected chi connectivity index (χ3v) is 3.92. The Bertz CT molecular complexity index is 376. The van der Waals surface area contributed by atoms with Crippen LogP contribution in [0.3, 0.4) is 0 Å². The number of carbonyl (C=O) groups is 1. The number of hydrogen-bond acceptors (Lipinski definition) is 1. The molecule has 0 bridgehead atoms. The lowest BCUT2D eigenvalue weighted by atomic mass is 9.85. The van der Waals surface area contributed by atoms with Gasteiger partial charge >= 0.3 is 5.97 Å². The van der Waals surface area contributed by atoms with Crippen LogP contribution in [-0.4, -0.2) is 11.1 Å². The van der Waals surface area contributed by atoms with E-state index in [0.29, 0.717) is 6.42 Å². The Kier molecular flexibility index (Phi) is 5.69. The van der Waals surface area contributed by atoms with Crippen LogP contribution < -0.4 is 0 Å². The minimum absolute atomic E-state index is 0.213. The van der Waals surface area contributed by atoms with E-state index in [9.17, 15) is 9.90 Å². The first-order valence-electron chi connectivity index (χ1n) is 6.02. The highest BCUT2D eigenvalue weighted by Gasteiger charge is 2.24. The standard InChI is InChI=1S/C14H19BrO2/c1-3-6-10(2)12(14(16)17)9-11-7-4-5-8-13(11)15/h4-5,7-8,10,12H,3,6,9H2,1-2H3,(H,16,17). The molecular weight excluding hydrogens is 280 g/mol. The van der Waals surface area contributed by atoms with Crippen LogP contribution in [0.4, 0.5) is 0 Å². The van der Waals surface area contributed by atoms with Crippen molar-refractivity contribution in [2.24, 2.45) is 11.8 Å². The van der Waals surface area contributed by atoms with Crippen molar-refractivity contribution >= 4 is 21.9 Å². The number of aliphatic carboxylic acids is 1. The lowest BCUT2D eigenvalue weighted by Gasteiger charge is -2.20. The van der Waals surface area contributed by atoms with Crippen molar-refractivity contribution in [2.45, 2.75) is 33.1 Å². The first kappa shape index (κ1) is 14.2. The SMILES string of the molecule is CCCC(C)C(Cc1ccccc1Br)C(=O)O. The maximum absolute atomic E-state index is 11.3. The molecule has 3 heteroatoms. The van der Waals surface area contributed by atoms with Crippen LogP contribution in [0.5, 0.6) is 0 Å². The van der Waals surface area contributed by atoms with Gasteiger partial charge < -0.3 is 5.11 Å². The molecular formula is C14H19BrO2. The third-order valence-electron chi connectivity index (χ3n) is 3.15. The van der Waals surface area contributed by atoms with E-state index in [-0.39, 0.29) is 11.8 Å². The Hall–Kier alpha value is -0.830. The van der Waals surface area contributed by atoms with Crippen molar-refractivity contribution in [1.82, 2.24) is 0 Å². The molecule has 0 saturated carbocycles. The van der Waals surface area contributed by atoms with Crippen molar-refractivity contribution in [3.05, 3.63) is 34.3 Å². The Morgan fingerprint density at radius 3 is 2.59 bits per heavy atom. The molecule has 17 heavy (non-hydrogen) atoms. The van der Waals surface area contributed by atoms with Crippen LogP contribution >= 0.6 is 15.9 Å². The number of benzene rings is 1. The van der Waals surface area contributed by atoms with E-state index in [1.807, 2.05) is 31.2 Å². The predicted molar refractivity (Wildman–Crippen MR) is 73.0 cm³/mol. The van der Waals surface area contributed by atoms with Crippen LogP contribution in [0, 0.1) is 11.8 Å². The molecule has 0 radical (unpaired) electrons. The number of halogens is 1. The first-order valence-corrected chi connectivity index (χ1v) is 6.81. The van der Waals surface area contributed by atoms with Crippen molar-refractivity contribution in [3.63, 3.8) is 0 Å². The number of rotatable bonds is 6. The van der Waals surface area contributed by atoms with Gasteiger partial charge in [-0.2, -0.15) is 0 Å². The molecule has 94 valence electrons. The van der Waals surface area contributed by atoms with Gasteiger partial charge in [-0.1, -0.05) is 60.8 Å². The fourth-order valence-electron chi connectivity index (χ4n) is 2.09. The zero-order valence-electron chi connectivity index (χ0n) is 10.3. The summed E-state index contributed by atoms with van der Waals surface area (Å²) in [6.45, 7) is 4.12. The second kappa shape index (κ2) is 6.80. The average Bonchev–Trinajstić information content (AvgIpc) is 2.27. The lowest BCUT2D eigenvalue weighted by molar-refractivity contribution is -0.143. The van der Waals surface area contributed by atoms with Gasteiger partial charge in [0.15, 0.2) is 0 Å². The smallest absolute Gasteiger partial charge is 0.307 e. The fourth-order valence-corrected chi connectivity index (χ4v) is 2.54. The van der Waals surface area contributed by atoms with Gasteiger partial charge in [0, 0.05) is 4.47 Å². The van der Waals surface area contributed by atoms with Gasteiger partial charge in [-0.3, -0.25) is 4.79 Å². The monoisotopic (exact) mass is 298 g/mol. The summed E-state index contributed by atoms with van der Waals surface area (Å²) in [4.78, 5) is 11.3. The second-order valence-electron chi connectivity index (χ2n) is 4.51. The number of carboxylic acids is 1. The maximum atomic E-state index is 11.3. The summed E-state index contributed by atoms with van der Waals surface area (Å²) in [7, 11) is 0. The van der Waals surface area contributed by atoms with Crippen LogP contribution in [0.25, 0.3) is 0 Å². The Balaban J connectivity index is 2.80. The Labute approximate surface area is 111 Å². The zero-order valence-corrected chi connectivity index (χ0v) is 11.9. The minimum atomic E-state index is -0.693. The molecule has 0 aliphatic heterocycles. The molecule has 0 heterocycles. The molecule has 0 fully saturated rings. The molecule has 1 rings (SSSR count). The summed E-state index contributed by atoms with van der Waals surface area (Å²) >= 11 is 3.47. The van der Waals surface area contributed by atoms with Crippen molar-refractivity contribution < 1.29 is 9.90 Å². The van der Waals surface area contributed by atoms with E-state index in [0.717, 1.165) is 22.9 Å². The minimum Gasteiger partial charge on any atom is -0.481 e. The van der Waals surface area contributed by atoms with Crippen LogP contribution in [0.1, 0.15) is 32.3 Å². The molecule has 1 aromatic rings. The molecule has 0 aromatic heterocycles. The molecule has 0 aliphatic rings. The summed E-state index contributed by atoms with van der Waals surface area (Å²) in [5.41, 5.74) is 1.07. The summed E-state index contributed by atoms with van der Waals surface area (Å²) < 4.78 is 0.995. The van der Waals surface area contributed by atoms with Gasteiger partial charge in [0.05, 0.1) is 5.92 Å². The molecule has 0 aliphatic carbocycles. The van der Waals surface area contributed by atoms with E-state index in [2.05, 4.69) is 22.9 Å². The number of carboxylic acid groups (broad SMARTS) is 1.